The van der Waals surface area contributed by atoms with Crippen molar-refractivity contribution in [2.45, 2.75) is 65.0 Å². The Kier molecular flexibility index (Phi) is 9.38. The average Bonchev–Trinajstić information content (AvgIpc) is 3.03. The van der Waals surface area contributed by atoms with Crippen LogP contribution in [0, 0.1) is 0 Å². The van der Waals surface area contributed by atoms with E-state index in [9.17, 15) is 29.8 Å². The molecule has 1 saturated carbocycles. The van der Waals surface area contributed by atoms with Crippen molar-refractivity contribution in [1.29, 1.82) is 0 Å². The van der Waals surface area contributed by atoms with Gasteiger partial charge in [0.2, 0.25) is 10.0 Å². The van der Waals surface area contributed by atoms with E-state index in [1.165, 1.54) is 11.3 Å². The normalized spacial score (nSPS) is 16.2. The Morgan fingerprint density at radius 2 is 1.59 bits per heavy atom. The number of thiophene rings is 1. The van der Waals surface area contributed by atoms with Crippen LogP contribution in [-0.2, 0) is 36.5 Å². The average molecular weight is 531 g/mol. The van der Waals surface area contributed by atoms with Crippen LogP contribution in [0.1, 0.15) is 43.4 Å². The predicted molar refractivity (Wildman–Crippen MR) is 116 cm³/mol. The largest absolute Gasteiger partial charge is 1.00 e. The summed E-state index contributed by atoms with van der Waals surface area (Å²) < 4.78 is 86.6. The zero-order chi connectivity index (χ0) is 22.9. The number of sulfonamides is 1. The van der Waals surface area contributed by atoms with Crippen molar-refractivity contribution in [1.82, 2.24) is 0 Å². The van der Waals surface area contributed by atoms with Crippen molar-refractivity contribution in [3.05, 3.63) is 34.5 Å². The van der Waals surface area contributed by atoms with Gasteiger partial charge in [0.25, 0.3) is 0 Å². The first-order valence-electron chi connectivity index (χ1n) is 9.57. The van der Waals surface area contributed by atoms with Gasteiger partial charge in [0.15, 0.2) is 9.84 Å². The molecule has 1 fully saturated rings. The topological polar surface area (TPSA) is 164 Å². The first-order valence-corrected chi connectivity index (χ1v) is 15.0. The molecule has 1 aromatic heterocycles. The van der Waals surface area contributed by atoms with Crippen LogP contribution in [-0.4, -0.2) is 35.1 Å². The summed E-state index contributed by atoms with van der Waals surface area (Å²) in [5.74, 6) is 0. The summed E-state index contributed by atoms with van der Waals surface area (Å²) in [5, 5.41) is 8.97. The van der Waals surface area contributed by atoms with Crippen LogP contribution >= 0.6 is 11.3 Å². The molecule has 172 valence electrons. The zero-order valence-electron chi connectivity index (χ0n) is 17.5. The monoisotopic (exact) mass is 530 g/mol. The van der Waals surface area contributed by atoms with E-state index >= 15 is 0 Å². The number of hydrogen-bond donors (Lipinski definition) is 2. The van der Waals surface area contributed by atoms with E-state index in [0.29, 0.717) is 31.7 Å². The van der Waals surface area contributed by atoms with Crippen molar-refractivity contribution in [3.8, 4) is 0 Å². The molecule has 1 aliphatic rings. The van der Waals surface area contributed by atoms with Gasteiger partial charge in [-0.1, -0.05) is 31.7 Å². The fourth-order valence-corrected chi connectivity index (χ4v) is 8.29. The molecule has 2 aromatic rings. The van der Waals surface area contributed by atoms with E-state index in [0.717, 1.165) is 23.8 Å². The number of hydrogen-bond acceptors (Lipinski definition) is 9. The van der Waals surface area contributed by atoms with E-state index in [1.54, 1.807) is 17.5 Å². The second-order valence-corrected chi connectivity index (χ2v) is 13.5. The predicted octanol–water partition coefficient (Wildman–Crippen LogP) is -0.588. The van der Waals surface area contributed by atoms with Crippen molar-refractivity contribution < 1.29 is 59.4 Å². The molecule has 0 atom stereocenters. The first-order chi connectivity index (χ1) is 14.4. The molecule has 0 amide bonds. The van der Waals surface area contributed by atoms with Gasteiger partial charge in [0.05, 0.1) is 20.7 Å². The number of nitrogens with one attached hydrogen (secondary N) is 1. The zero-order valence-corrected chi connectivity index (χ0v) is 22.7. The Balaban J connectivity index is 0.00000363. The number of sulfone groups is 1. The van der Waals surface area contributed by atoms with E-state index < -0.39 is 49.9 Å². The summed E-state index contributed by atoms with van der Waals surface area (Å²) in [5.41, 5.74) is -0.275. The number of benzene rings is 1. The first kappa shape index (κ1) is 27.7. The van der Waals surface area contributed by atoms with Gasteiger partial charge in [-0.2, -0.15) is 0 Å². The van der Waals surface area contributed by atoms with Gasteiger partial charge < -0.3 is 9.87 Å². The summed E-state index contributed by atoms with van der Waals surface area (Å²) in [6.45, 7) is 0.123. The minimum Gasteiger partial charge on any atom is -0.744 e. The molecule has 9 nitrogen and oxygen atoms in total. The SMILES string of the molecule is NS(=O)(=O)c1cc(S(=O)(=O)[O-])c(NCc2cccs2)cc1S(=O)(=O)C1CCCCCC1.[Na+]. The Hall–Kier alpha value is -0.510. The molecule has 0 unspecified atom stereocenters. The summed E-state index contributed by atoms with van der Waals surface area (Å²) >= 11 is 1.37. The molecular formula is C18H23N2NaO7S4. The van der Waals surface area contributed by atoms with E-state index in [-0.39, 0.29) is 41.8 Å². The molecule has 1 heterocycles. The number of anilines is 1. The maximum atomic E-state index is 13.4. The third-order valence-corrected chi connectivity index (χ3v) is 10.3. The number of rotatable bonds is 7. The quantitative estimate of drug-likeness (QED) is 0.273. The number of primary sulfonamides is 1. The van der Waals surface area contributed by atoms with Crippen LogP contribution in [0.4, 0.5) is 5.69 Å². The van der Waals surface area contributed by atoms with Gasteiger partial charge in [-0.3, -0.25) is 0 Å². The molecule has 14 heteroatoms. The third kappa shape index (κ3) is 6.54. The molecule has 0 spiro atoms. The van der Waals surface area contributed by atoms with Crippen LogP contribution in [0.5, 0.6) is 0 Å². The van der Waals surface area contributed by atoms with Crippen molar-refractivity contribution in [2.24, 2.45) is 5.14 Å². The maximum Gasteiger partial charge on any atom is 1.00 e. The van der Waals surface area contributed by atoms with Crippen molar-refractivity contribution >= 4 is 47.0 Å². The van der Waals surface area contributed by atoms with Crippen LogP contribution < -0.4 is 40.0 Å². The van der Waals surface area contributed by atoms with E-state index in [2.05, 4.69) is 5.32 Å². The van der Waals surface area contributed by atoms with Gasteiger partial charge in [-0.15, -0.1) is 11.3 Å². The summed E-state index contributed by atoms with van der Waals surface area (Å²) in [6.07, 6.45) is 3.87. The standard InChI is InChI=1S/C18H24N2O7S4.Na/c19-30(23,24)18-11-16(31(25,26)27)15(20-12-13-6-5-9-28-13)10-17(18)29(21,22)14-7-3-1-2-4-8-14;/h5-6,9-11,14,20H,1-4,7-8,12H2,(H2,19,23,24)(H,25,26,27);/q;+1/p-1. The maximum absolute atomic E-state index is 13.4. The Morgan fingerprint density at radius 3 is 2.09 bits per heavy atom. The smallest absolute Gasteiger partial charge is 0.744 e. The molecule has 3 N–H and O–H groups in total. The summed E-state index contributed by atoms with van der Waals surface area (Å²) in [6, 6.07) is 5.01. The summed E-state index contributed by atoms with van der Waals surface area (Å²) in [4.78, 5) is -1.53. The van der Waals surface area contributed by atoms with Crippen LogP contribution in [0.25, 0.3) is 0 Å². The summed E-state index contributed by atoms with van der Waals surface area (Å²) in [7, 11) is -13.9. The van der Waals surface area contributed by atoms with Crippen LogP contribution in [0.3, 0.4) is 0 Å². The molecule has 3 rings (SSSR count). The second-order valence-electron chi connectivity index (χ2n) is 7.39. The molecule has 1 aliphatic carbocycles. The second kappa shape index (κ2) is 10.8. The molecule has 0 saturated heterocycles. The van der Waals surface area contributed by atoms with E-state index in [1.807, 2.05) is 0 Å². The molecule has 0 radical (unpaired) electrons. The van der Waals surface area contributed by atoms with Gasteiger partial charge in [-0.05, 0) is 36.4 Å². The minimum absolute atomic E-state index is 0. The fourth-order valence-electron chi connectivity index (χ4n) is 3.66. The molecular weight excluding hydrogens is 507 g/mol. The van der Waals surface area contributed by atoms with Crippen molar-refractivity contribution in [2.75, 3.05) is 5.32 Å². The van der Waals surface area contributed by atoms with Gasteiger partial charge in [0, 0.05) is 11.4 Å². The molecule has 32 heavy (non-hydrogen) atoms. The molecule has 0 aliphatic heterocycles. The van der Waals surface area contributed by atoms with Crippen LogP contribution in [0.15, 0.2) is 44.3 Å². The molecule has 1 aromatic carbocycles. The Morgan fingerprint density at radius 1 is 0.969 bits per heavy atom. The van der Waals surface area contributed by atoms with Crippen LogP contribution in [0.2, 0.25) is 0 Å². The minimum atomic E-state index is -5.12. The van der Waals surface area contributed by atoms with Gasteiger partial charge in [0.1, 0.15) is 15.0 Å². The molecule has 0 bridgehead atoms. The number of nitrogens with two attached hydrogens (primary N) is 1. The fraction of sp³-hybridized carbons (Fsp3) is 0.444. The van der Waals surface area contributed by atoms with Gasteiger partial charge >= 0.3 is 29.6 Å². The Labute approximate surface area is 214 Å². The Bertz CT molecular complexity index is 1250. The van der Waals surface area contributed by atoms with E-state index in [4.69, 9.17) is 5.14 Å². The van der Waals surface area contributed by atoms with Gasteiger partial charge in [-0.25, -0.2) is 30.4 Å². The van der Waals surface area contributed by atoms with Crippen molar-refractivity contribution in [3.63, 3.8) is 0 Å². The third-order valence-electron chi connectivity index (χ3n) is 5.20.